The number of hydrogen-bond acceptors (Lipinski definition) is 4. The molecule has 1 N–H and O–H groups in total. The van der Waals surface area contributed by atoms with E-state index in [1.165, 1.54) is 0 Å². The number of hydrogen-bond donors (Lipinski definition) is 1. The molecule has 2 aliphatic rings. The third-order valence-corrected chi connectivity index (χ3v) is 19.2. The van der Waals surface area contributed by atoms with Crippen molar-refractivity contribution in [1.29, 1.82) is 0 Å². The fraction of sp³-hybridized carbons (Fsp3) is 0.923. The molecule has 2 rings (SSSR count). The van der Waals surface area contributed by atoms with Crippen LogP contribution in [0.15, 0.2) is 11.8 Å². The van der Waals surface area contributed by atoms with E-state index in [2.05, 4.69) is 88.4 Å². The minimum absolute atomic E-state index is 0.0972. The maximum Gasteiger partial charge on any atom is 0.201 e. The Kier molecular flexibility index (Phi) is 8.64. The average Bonchev–Trinajstić information content (AvgIpc) is 3.06. The van der Waals surface area contributed by atoms with Gasteiger partial charge in [0.2, 0.25) is 8.32 Å². The van der Waals surface area contributed by atoms with Crippen molar-refractivity contribution in [2.45, 2.75) is 154 Å². The summed E-state index contributed by atoms with van der Waals surface area (Å²) >= 11 is 0. The van der Waals surface area contributed by atoms with Gasteiger partial charge in [-0.05, 0) is 73.4 Å². The zero-order valence-corrected chi connectivity index (χ0v) is 25.0. The summed E-state index contributed by atoms with van der Waals surface area (Å²) in [5.41, 5.74) is 0.629. The second-order valence-electron chi connectivity index (χ2n) is 12.8. The molecule has 0 aromatic rings. The van der Waals surface area contributed by atoms with E-state index in [1.54, 1.807) is 0 Å². The van der Waals surface area contributed by atoms with Crippen LogP contribution in [-0.4, -0.2) is 45.7 Å². The van der Waals surface area contributed by atoms with Gasteiger partial charge in [0.05, 0.1) is 6.10 Å². The van der Waals surface area contributed by atoms with E-state index in [4.69, 9.17) is 13.6 Å². The maximum absolute atomic E-state index is 11.3. The number of aliphatic hydroxyl groups is 1. The first-order valence-electron chi connectivity index (χ1n) is 12.9. The topological polar surface area (TPSA) is 47.9 Å². The lowest BCUT2D eigenvalue weighted by atomic mass is 9.94. The van der Waals surface area contributed by atoms with E-state index < -0.39 is 22.2 Å². The van der Waals surface area contributed by atoms with Crippen molar-refractivity contribution in [2.75, 3.05) is 0 Å². The van der Waals surface area contributed by atoms with Crippen molar-refractivity contribution in [2.24, 2.45) is 0 Å². The SMILES string of the molecule is CC(C)[Si](O[C@H]1[C@H](C)OC(C2(O)CCCC2)=C[C@@H]1O[Si](C)(C)C(C)(C)C)(C(C)C)C(C)C. The Morgan fingerprint density at radius 2 is 1.44 bits per heavy atom. The largest absolute Gasteiger partial charge is 0.489 e. The summed E-state index contributed by atoms with van der Waals surface area (Å²) in [4.78, 5) is 0. The lowest BCUT2D eigenvalue weighted by molar-refractivity contribution is -0.0887. The first-order valence-corrected chi connectivity index (χ1v) is 18.0. The molecule has 0 aromatic heterocycles. The van der Waals surface area contributed by atoms with E-state index in [1.807, 2.05) is 0 Å². The molecule has 4 nitrogen and oxygen atoms in total. The quantitative estimate of drug-likeness (QED) is 0.361. The average molecular weight is 485 g/mol. The van der Waals surface area contributed by atoms with Crippen LogP contribution < -0.4 is 0 Å². The Morgan fingerprint density at radius 3 is 1.84 bits per heavy atom. The minimum atomic E-state index is -2.13. The first kappa shape index (κ1) is 28.1. The predicted molar refractivity (Wildman–Crippen MR) is 140 cm³/mol. The van der Waals surface area contributed by atoms with Gasteiger partial charge in [0, 0.05) is 0 Å². The van der Waals surface area contributed by atoms with E-state index >= 15 is 0 Å². The summed E-state index contributed by atoms with van der Waals surface area (Å²) in [6.45, 7) is 27.5. The van der Waals surface area contributed by atoms with Crippen molar-refractivity contribution >= 4 is 16.6 Å². The van der Waals surface area contributed by atoms with Crippen LogP contribution in [0.2, 0.25) is 34.8 Å². The summed E-state index contributed by atoms with van der Waals surface area (Å²) in [5.74, 6) is 0.719. The Labute approximate surface area is 200 Å². The Balaban J connectivity index is 2.52. The van der Waals surface area contributed by atoms with E-state index in [9.17, 15) is 5.11 Å². The molecule has 0 aromatic carbocycles. The van der Waals surface area contributed by atoms with Gasteiger partial charge in [0.1, 0.15) is 23.6 Å². The van der Waals surface area contributed by atoms with Gasteiger partial charge in [0.25, 0.3) is 0 Å². The van der Waals surface area contributed by atoms with Gasteiger partial charge in [-0.3, -0.25) is 0 Å². The van der Waals surface area contributed by atoms with Crippen molar-refractivity contribution in [3.05, 3.63) is 11.8 Å². The number of rotatable bonds is 8. The third-order valence-electron chi connectivity index (χ3n) is 8.59. The molecule has 188 valence electrons. The summed E-state index contributed by atoms with van der Waals surface area (Å²) < 4.78 is 20.7. The summed E-state index contributed by atoms with van der Waals surface area (Å²) in [5, 5.41) is 11.4. The standard InChI is InChI=1S/C26H52O4Si2/c1-18(2)32(19(3)4,20(5)6)30-24-21(7)28-23(26(27)15-13-14-16-26)17-22(24)29-31(11,12)25(8,9)10/h17-22,24,27H,13-16H2,1-12H3/t21-,22-,24-/m0/s1. The normalized spacial score (nSPS) is 27.2. The predicted octanol–water partition coefficient (Wildman–Crippen LogP) is 7.55. The van der Waals surface area contributed by atoms with Gasteiger partial charge in [-0.2, -0.15) is 0 Å². The molecule has 0 spiro atoms. The molecule has 6 heteroatoms. The van der Waals surface area contributed by atoms with Crippen molar-refractivity contribution < 1.29 is 18.7 Å². The molecule has 32 heavy (non-hydrogen) atoms. The highest BCUT2D eigenvalue weighted by molar-refractivity contribution is 6.77. The van der Waals surface area contributed by atoms with E-state index in [-0.39, 0.29) is 23.4 Å². The third kappa shape index (κ3) is 5.40. The smallest absolute Gasteiger partial charge is 0.201 e. The highest BCUT2D eigenvalue weighted by Gasteiger charge is 2.52. The fourth-order valence-electron chi connectivity index (χ4n) is 5.71. The van der Waals surface area contributed by atoms with Crippen LogP contribution in [0.3, 0.4) is 0 Å². The molecule has 1 fully saturated rings. The Hall–Kier alpha value is -0.146. The lowest BCUT2D eigenvalue weighted by Gasteiger charge is -2.50. The molecule has 1 saturated carbocycles. The van der Waals surface area contributed by atoms with Gasteiger partial charge in [0.15, 0.2) is 8.32 Å². The number of ether oxygens (including phenoxy) is 1. The first-order chi connectivity index (χ1) is 14.5. The van der Waals surface area contributed by atoms with Crippen LogP contribution >= 0.6 is 0 Å². The molecule has 1 aliphatic carbocycles. The molecular weight excluding hydrogens is 432 g/mol. The van der Waals surface area contributed by atoms with E-state index in [0.717, 1.165) is 31.4 Å². The maximum atomic E-state index is 11.3. The zero-order chi connectivity index (χ0) is 24.7. The van der Waals surface area contributed by atoms with Crippen LogP contribution in [-0.2, 0) is 13.6 Å². The lowest BCUT2D eigenvalue weighted by Crippen LogP contribution is -2.59. The second-order valence-corrected chi connectivity index (χ2v) is 23.0. The van der Waals surface area contributed by atoms with Crippen LogP contribution in [0.4, 0.5) is 0 Å². The molecule has 0 bridgehead atoms. The Morgan fingerprint density at radius 1 is 0.969 bits per heavy atom. The fourth-order valence-corrected chi connectivity index (χ4v) is 12.6. The molecule has 0 amide bonds. The molecular formula is C26H52O4Si2. The van der Waals surface area contributed by atoms with Gasteiger partial charge < -0.3 is 18.7 Å². The monoisotopic (exact) mass is 484 g/mol. The summed E-state index contributed by atoms with van der Waals surface area (Å²) in [7, 11) is -4.19. The summed E-state index contributed by atoms with van der Waals surface area (Å²) in [6.07, 6.45) is 5.22. The molecule has 1 aliphatic heterocycles. The van der Waals surface area contributed by atoms with Crippen molar-refractivity contribution in [3.63, 3.8) is 0 Å². The van der Waals surface area contributed by atoms with Gasteiger partial charge in [-0.15, -0.1) is 0 Å². The van der Waals surface area contributed by atoms with Crippen LogP contribution in [0.5, 0.6) is 0 Å². The van der Waals surface area contributed by atoms with Gasteiger partial charge in [-0.25, -0.2) is 0 Å². The molecule has 0 unspecified atom stereocenters. The van der Waals surface area contributed by atoms with Gasteiger partial charge in [-0.1, -0.05) is 62.3 Å². The minimum Gasteiger partial charge on any atom is -0.489 e. The second kappa shape index (κ2) is 9.84. The molecule has 1 heterocycles. The van der Waals surface area contributed by atoms with Crippen LogP contribution in [0, 0.1) is 0 Å². The van der Waals surface area contributed by atoms with Crippen molar-refractivity contribution in [3.8, 4) is 0 Å². The molecule has 0 radical (unpaired) electrons. The van der Waals surface area contributed by atoms with E-state index in [0.29, 0.717) is 16.6 Å². The zero-order valence-electron chi connectivity index (χ0n) is 23.0. The van der Waals surface area contributed by atoms with Crippen LogP contribution in [0.25, 0.3) is 0 Å². The van der Waals surface area contributed by atoms with Crippen molar-refractivity contribution in [1.82, 2.24) is 0 Å². The highest BCUT2D eigenvalue weighted by atomic mass is 28.4. The highest BCUT2D eigenvalue weighted by Crippen LogP contribution is 2.47. The Bertz CT molecular complexity index is 635. The van der Waals surface area contributed by atoms with Crippen LogP contribution in [0.1, 0.15) is 94.9 Å². The molecule has 3 atom stereocenters. The molecule has 0 saturated heterocycles. The summed E-state index contributed by atoms with van der Waals surface area (Å²) in [6, 6.07) is 0. The van der Waals surface area contributed by atoms with Gasteiger partial charge >= 0.3 is 0 Å².